The number of carbonyl (C=O) groups is 1. The topological polar surface area (TPSA) is 70.6 Å². The van der Waals surface area contributed by atoms with E-state index in [2.05, 4.69) is 17.6 Å². The van der Waals surface area contributed by atoms with Crippen LogP contribution in [0.25, 0.3) is 0 Å². The molecule has 0 fully saturated rings. The average molecular weight is 266 g/mol. The number of aliphatic hydroxyl groups excluding tert-OH is 1. The number of rotatable bonds is 7. The zero-order chi connectivity index (χ0) is 14.1. The van der Waals surface area contributed by atoms with Gasteiger partial charge in [0.25, 0.3) is 0 Å². The molecule has 0 saturated heterocycles. The van der Waals surface area contributed by atoms with E-state index in [1.54, 1.807) is 0 Å². The van der Waals surface area contributed by atoms with Crippen molar-refractivity contribution in [2.75, 3.05) is 13.3 Å². The van der Waals surface area contributed by atoms with Gasteiger partial charge in [-0.15, -0.1) is 0 Å². The van der Waals surface area contributed by atoms with Crippen molar-refractivity contribution in [2.45, 2.75) is 32.7 Å². The Morgan fingerprint density at radius 1 is 1.37 bits per heavy atom. The highest BCUT2D eigenvalue weighted by atomic mass is 16.5. The second kappa shape index (κ2) is 8.37. The number of urea groups is 1. The maximum atomic E-state index is 11.5. The molecule has 0 bridgehead atoms. The molecular weight excluding hydrogens is 244 g/mol. The van der Waals surface area contributed by atoms with Gasteiger partial charge in [-0.3, -0.25) is 0 Å². The molecule has 1 aromatic carbocycles. The third-order valence-corrected chi connectivity index (χ3v) is 2.86. The first kappa shape index (κ1) is 15.3. The van der Waals surface area contributed by atoms with Crippen molar-refractivity contribution >= 4 is 6.03 Å². The van der Waals surface area contributed by atoms with Crippen molar-refractivity contribution in [2.24, 2.45) is 0 Å². The Labute approximate surface area is 114 Å². The number of aliphatic hydroxyl groups is 1. The van der Waals surface area contributed by atoms with Crippen molar-refractivity contribution in [1.82, 2.24) is 10.6 Å². The van der Waals surface area contributed by atoms with E-state index < -0.39 is 0 Å². The number of para-hydroxylation sites is 1. The van der Waals surface area contributed by atoms with Crippen LogP contribution in [0.2, 0.25) is 0 Å². The molecule has 0 aliphatic rings. The summed E-state index contributed by atoms with van der Waals surface area (Å²) in [5.74, 6) is 0.777. The third kappa shape index (κ3) is 5.18. The average Bonchev–Trinajstić information content (AvgIpc) is 2.45. The van der Waals surface area contributed by atoms with E-state index in [9.17, 15) is 4.79 Å². The molecule has 0 aromatic heterocycles. The molecule has 0 radical (unpaired) electrons. The van der Waals surface area contributed by atoms with Gasteiger partial charge in [-0.05, 0) is 24.5 Å². The van der Waals surface area contributed by atoms with Crippen LogP contribution in [-0.4, -0.2) is 30.5 Å². The fraction of sp³-hybridized carbons (Fsp3) is 0.500. The standard InChI is InChI=1S/C14H22N2O3/c1-3-11-7-5-6-8-13(11)19-10-15-14(18)16-12(4-2)9-17/h5-8,12,17H,3-4,9-10H2,1-2H3,(H2,15,16,18). The second-order valence-electron chi connectivity index (χ2n) is 4.19. The van der Waals surface area contributed by atoms with Crippen molar-refractivity contribution in [3.8, 4) is 5.75 Å². The lowest BCUT2D eigenvalue weighted by Crippen LogP contribution is -2.44. The number of aryl methyl sites for hydroxylation is 1. The van der Waals surface area contributed by atoms with E-state index in [0.717, 1.165) is 17.7 Å². The molecule has 106 valence electrons. The maximum absolute atomic E-state index is 11.5. The minimum Gasteiger partial charge on any atom is -0.473 e. The molecule has 2 amide bonds. The Morgan fingerprint density at radius 2 is 2.11 bits per heavy atom. The van der Waals surface area contributed by atoms with Gasteiger partial charge in [-0.1, -0.05) is 32.0 Å². The first-order valence-electron chi connectivity index (χ1n) is 6.57. The van der Waals surface area contributed by atoms with Gasteiger partial charge in [0.2, 0.25) is 0 Å². The molecular formula is C14H22N2O3. The fourth-order valence-corrected chi connectivity index (χ4v) is 1.63. The molecule has 19 heavy (non-hydrogen) atoms. The SMILES string of the molecule is CCc1ccccc1OCNC(=O)NC(CC)CO. The van der Waals surface area contributed by atoms with Crippen LogP contribution >= 0.6 is 0 Å². The van der Waals surface area contributed by atoms with Gasteiger partial charge in [0, 0.05) is 0 Å². The molecule has 0 saturated carbocycles. The molecule has 1 unspecified atom stereocenters. The maximum Gasteiger partial charge on any atom is 0.317 e. The Hall–Kier alpha value is -1.75. The third-order valence-electron chi connectivity index (χ3n) is 2.86. The summed E-state index contributed by atoms with van der Waals surface area (Å²) in [6.07, 6.45) is 1.56. The first-order chi connectivity index (χ1) is 9.21. The van der Waals surface area contributed by atoms with Crippen molar-refractivity contribution in [1.29, 1.82) is 0 Å². The molecule has 0 spiro atoms. The zero-order valence-corrected chi connectivity index (χ0v) is 11.5. The summed E-state index contributed by atoms with van der Waals surface area (Å²) in [7, 11) is 0. The van der Waals surface area contributed by atoms with E-state index in [-0.39, 0.29) is 25.4 Å². The van der Waals surface area contributed by atoms with Gasteiger partial charge in [-0.2, -0.15) is 0 Å². The van der Waals surface area contributed by atoms with E-state index in [1.807, 2.05) is 31.2 Å². The molecule has 0 aliphatic carbocycles. The van der Waals surface area contributed by atoms with E-state index in [1.165, 1.54) is 0 Å². The minimum atomic E-state index is -0.338. The van der Waals surface area contributed by atoms with Crippen molar-refractivity contribution < 1.29 is 14.6 Å². The number of nitrogens with one attached hydrogen (secondary N) is 2. The van der Waals surface area contributed by atoms with Crippen LogP contribution in [-0.2, 0) is 6.42 Å². The summed E-state index contributed by atoms with van der Waals surface area (Å²) in [4.78, 5) is 11.5. The molecule has 5 heteroatoms. The predicted molar refractivity (Wildman–Crippen MR) is 74.1 cm³/mol. The smallest absolute Gasteiger partial charge is 0.317 e. The highest BCUT2D eigenvalue weighted by Gasteiger charge is 2.08. The molecule has 5 nitrogen and oxygen atoms in total. The largest absolute Gasteiger partial charge is 0.473 e. The molecule has 3 N–H and O–H groups in total. The normalized spacial score (nSPS) is 11.7. The van der Waals surface area contributed by atoms with Gasteiger partial charge in [0.1, 0.15) is 5.75 Å². The Morgan fingerprint density at radius 3 is 2.74 bits per heavy atom. The van der Waals surface area contributed by atoms with Crippen LogP contribution in [0.1, 0.15) is 25.8 Å². The van der Waals surface area contributed by atoms with Crippen LogP contribution in [0.3, 0.4) is 0 Å². The van der Waals surface area contributed by atoms with Gasteiger partial charge in [-0.25, -0.2) is 4.79 Å². The molecule has 0 aliphatic heterocycles. The number of benzene rings is 1. The minimum absolute atomic E-state index is 0.0660. The summed E-state index contributed by atoms with van der Waals surface area (Å²) in [5.41, 5.74) is 1.10. The van der Waals surface area contributed by atoms with E-state index in [0.29, 0.717) is 6.42 Å². The summed E-state index contributed by atoms with van der Waals surface area (Å²) < 4.78 is 5.51. The summed E-state index contributed by atoms with van der Waals surface area (Å²) in [5, 5.41) is 14.2. The lowest BCUT2D eigenvalue weighted by Gasteiger charge is -2.15. The lowest BCUT2D eigenvalue weighted by molar-refractivity contribution is 0.204. The number of hydrogen-bond donors (Lipinski definition) is 3. The van der Waals surface area contributed by atoms with Crippen LogP contribution < -0.4 is 15.4 Å². The Kier molecular flexibility index (Phi) is 6.74. The van der Waals surface area contributed by atoms with Gasteiger partial charge >= 0.3 is 6.03 Å². The van der Waals surface area contributed by atoms with Crippen LogP contribution in [0.5, 0.6) is 5.75 Å². The molecule has 0 heterocycles. The predicted octanol–water partition coefficient (Wildman–Crippen LogP) is 1.66. The first-order valence-corrected chi connectivity index (χ1v) is 6.57. The molecule has 1 atom stereocenters. The van der Waals surface area contributed by atoms with Crippen LogP contribution in [0.15, 0.2) is 24.3 Å². The number of hydrogen-bond acceptors (Lipinski definition) is 3. The number of amides is 2. The number of ether oxygens (including phenoxy) is 1. The van der Waals surface area contributed by atoms with Crippen molar-refractivity contribution in [3.63, 3.8) is 0 Å². The monoisotopic (exact) mass is 266 g/mol. The number of carbonyl (C=O) groups excluding carboxylic acids is 1. The summed E-state index contributed by atoms with van der Waals surface area (Å²) in [6.45, 7) is 3.98. The second-order valence-corrected chi connectivity index (χ2v) is 4.19. The van der Waals surface area contributed by atoms with Crippen LogP contribution in [0.4, 0.5) is 4.79 Å². The molecule has 1 rings (SSSR count). The van der Waals surface area contributed by atoms with E-state index >= 15 is 0 Å². The van der Waals surface area contributed by atoms with Crippen molar-refractivity contribution in [3.05, 3.63) is 29.8 Å². The van der Waals surface area contributed by atoms with Crippen LogP contribution in [0, 0.1) is 0 Å². The zero-order valence-electron chi connectivity index (χ0n) is 11.5. The quantitative estimate of drug-likeness (QED) is 0.657. The Balaban J connectivity index is 2.35. The fourth-order valence-electron chi connectivity index (χ4n) is 1.63. The highest BCUT2D eigenvalue weighted by Crippen LogP contribution is 2.17. The van der Waals surface area contributed by atoms with Gasteiger partial charge in [0.05, 0.1) is 12.6 Å². The highest BCUT2D eigenvalue weighted by molar-refractivity contribution is 5.74. The lowest BCUT2D eigenvalue weighted by atomic mass is 10.1. The van der Waals surface area contributed by atoms with Gasteiger partial charge < -0.3 is 20.5 Å². The molecule has 1 aromatic rings. The Bertz CT molecular complexity index is 392. The van der Waals surface area contributed by atoms with Gasteiger partial charge in [0.15, 0.2) is 6.73 Å². The summed E-state index contributed by atoms with van der Waals surface area (Å²) >= 11 is 0. The summed E-state index contributed by atoms with van der Waals surface area (Å²) in [6, 6.07) is 7.17. The van der Waals surface area contributed by atoms with E-state index in [4.69, 9.17) is 9.84 Å².